The van der Waals surface area contributed by atoms with Crippen molar-refractivity contribution in [3.05, 3.63) is 5.82 Å². The van der Waals surface area contributed by atoms with Crippen molar-refractivity contribution in [1.82, 2.24) is 15.2 Å². The van der Waals surface area contributed by atoms with Gasteiger partial charge >= 0.3 is 0 Å². The number of ether oxygens (including phenoxy) is 1. The minimum absolute atomic E-state index is 0.292. The van der Waals surface area contributed by atoms with Gasteiger partial charge in [0.2, 0.25) is 5.95 Å². The van der Waals surface area contributed by atoms with Gasteiger partial charge in [-0.15, -0.1) is 5.10 Å². The molecule has 0 radical (unpaired) electrons. The van der Waals surface area contributed by atoms with Crippen LogP contribution in [0.25, 0.3) is 0 Å². The first-order valence-corrected chi connectivity index (χ1v) is 4.07. The standard InChI is InChI=1S/C7H14N4O/c1-2-4-12-5-3-6-9-7(8)11-10-6/h2-5H2,1H3,(H3,8,9,10,11). The van der Waals surface area contributed by atoms with Crippen LogP contribution < -0.4 is 5.73 Å². The highest BCUT2D eigenvalue weighted by molar-refractivity contribution is 5.12. The van der Waals surface area contributed by atoms with Crippen molar-refractivity contribution in [3.8, 4) is 0 Å². The molecule has 0 amide bonds. The molecule has 0 fully saturated rings. The Morgan fingerprint density at radius 2 is 2.33 bits per heavy atom. The van der Waals surface area contributed by atoms with Gasteiger partial charge in [0.15, 0.2) is 0 Å². The Bertz CT molecular complexity index is 223. The Kier molecular flexibility index (Phi) is 3.53. The quantitative estimate of drug-likeness (QED) is 0.625. The predicted octanol–water partition coefficient (Wildman–Crippen LogP) is 0.356. The first kappa shape index (κ1) is 8.99. The highest BCUT2D eigenvalue weighted by atomic mass is 16.5. The van der Waals surface area contributed by atoms with E-state index in [-0.39, 0.29) is 0 Å². The summed E-state index contributed by atoms with van der Waals surface area (Å²) in [5.74, 6) is 1.07. The van der Waals surface area contributed by atoms with E-state index in [9.17, 15) is 0 Å². The molecule has 1 heterocycles. The molecule has 0 unspecified atom stereocenters. The second kappa shape index (κ2) is 4.71. The fraction of sp³-hybridized carbons (Fsp3) is 0.714. The van der Waals surface area contributed by atoms with Gasteiger partial charge in [-0.3, -0.25) is 5.10 Å². The van der Waals surface area contributed by atoms with Crippen LogP contribution in [-0.4, -0.2) is 28.4 Å². The van der Waals surface area contributed by atoms with E-state index in [1.807, 2.05) is 0 Å². The lowest BCUT2D eigenvalue weighted by Gasteiger charge is -1.98. The Labute approximate surface area is 71.3 Å². The number of H-pyrrole nitrogens is 1. The Hall–Kier alpha value is -1.10. The molecule has 0 aliphatic carbocycles. The molecule has 0 bridgehead atoms. The molecular weight excluding hydrogens is 156 g/mol. The van der Waals surface area contributed by atoms with Crippen LogP contribution in [0.1, 0.15) is 19.2 Å². The number of hydrogen-bond acceptors (Lipinski definition) is 4. The van der Waals surface area contributed by atoms with Crippen LogP contribution in [0.3, 0.4) is 0 Å². The highest BCUT2D eigenvalue weighted by Gasteiger charge is 1.97. The molecule has 0 saturated heterocycles. The number of aromatic amines is 1. The summed E-state index contributed by atoms with van der Waals surface area (Å²) in [5, 5.41) is 6.42. The number of aromatic nitrogens is 3. The second-order valence-corrected chi connectivity index (χ2v) is 2.50. The van der Waals surface area contributed by atoms with Crippen LogP contribution in [-0.2, 0) is 11.2 Å². The van der Waals surface area contributed by atoms with Crippen LogP contribution in [0.5, 0.6) is 0 Å². The van der Waals surface area contributed by atoms with Crippen LogP contribution >= 0.6 is 0 Å². The van der Waals surface area contributed by atoms with Crippen LogP contribution in [0, 0.1) is 0 Å². The van der Waals surface area contributed by atoms with E-state index in [1.54, 1.807) is 0 Å². The van der Waals surface area contributed by atoms with E-state index in [0.717, 1.165) is 25.3 Å². The zero-order valence-electron chi connectivity index (χ0n) is 7.21. The molecule has 0 aliphatic heterocycles. The normalized spacial score (nSPS) is 10.4. The first-order chi connectivity index (χ1) is 5.83. The van der Waals surface area contributed by atoms with Crippen molar-refractivity contribution in [3.63, 3.8) is 0 Å². The summed E-state index contributed by atoms with van der Waals surface area (Å²) in [6.45, 7) is 3.54. The maximum absolute atomic E-state index is 5.31. The average Bonchev–Trinajstić information content (AvgIpc) is 2.45. The molecule has 0 atom stereocenters. The van der Waals surface area contributed by atoms with E-state index in [0.29, 0.717) is 12.6 Å². The molecule has 3 N–H and O–H groups in total. The van der Waals surface area contributed by atoms with E-state index < -0.39 is 0 Å². The number of nitrogen functional groups attached to an aromatic ring is 1. The maximum Gasteiger partial charge on any atom is 0.239 e. The maximum atomic E-state index is 5.31. The zero-order chi connectivity index (χ0) is 8.81. The Balaban J connectivity index is 2.15. The third kappa shape index (κ3) is 2.87. The fourth-order valence-electron chi connectivity index (χ4n) is 0.837. The number of rotatable bonds is 5. The zero-order valence-corrected chi connectivity index (χ0v) is 7.21. The van der Waals surface area contributed by atoms with Crippen LogP contribution in [0.2, 0.25) is 0 Å². The molecule has 1 rings (SSSR count). The topological polar surface area (TPSA) is 76.8 Å². The smallest absolute Gasteiger partial charge is 0.239 e. The van der Waals surface area contributed by atoms with E-state index >= 15 is 0 Å². The molecular formula is C7H14N4O. The molecule has 12 heavy (non-hydrogen) atoms. The summed E-state index contributed by atoms with van der Waals surface area (Å²) in [7, 11) is 0. The highest BCUT2D eigenvalue weighted by Crippen LogP contribution is 1.94. The summed E-state index contributed by atoms with van der Waals surface area (Å²) in [5.41, 5.74) is 5.31. The van der Waals surface area contributed by atoms with Gasteiger partial charge in [-0.25, -0.2) is 0 Å². The van der Waals surface area contributed by atoms with Crippen LogP contribution in [0.15, 0.2) is 0 Å². The lowest BCUT2D eigenvalue weighted by molar-refractivity contribution is 0.136. The minimum atomic E-state index is 0.292. The van der Waals surface area contributed by atoms with Gasteiger partial charge in [-0.1, -0.05) is 6.92 Å². The lowest BCUT2D eigenvalue weighted by atomic mass is 10.4. The Morgan fingerprint density at radius 1 is 1.50 bits per heavy atom. The molecule has 0 saturated carbocycles. The summed E-state index contributed by atoms with van der Waals surface area (Å²) >= 11 is 0. The molecule has 1 aromatic rings. The van der Waals surface area contributed by atoms with Crippen molar-refractivity contribution in [2.75, 3.05) is 18.9 Å². The van der Waals surface area contributed by atoms with Gasteiger partial charge < -0.3 is 10.5 Å². The number of nitrogens with one attached hydrogen (secondary N) is 1. The van der Waals surface area contributed by atoms with Gasteiger partial charge in [-0.05, 0) is 6.42 Å². The minimum Gasteiger partial charge on any atom is -0.381 e. The molecule has 5 heteroatoms. The molecule has 0 aromatic carbocycles. The predicted molar refractivity (Wildman–Crippen MR) is 45.6 cm³/mol. The molecule has 68 valence electrons. The van der Waals surface area contributed by atoms with E-state index in [2.05, 4.69) is 22.1 Å². The summed E-state index contributed by atoms with van der Waals surface area (Å²) in [6, 6.07) is 0. The summed E-state index contributed by atoms with van der Waals surface area (Å²) in [6.07, 6.45) is 1.78. The number of anilines is 1. The SMILES string of the molecule is CCCOCCc1nc(N)n[nH]1. The van der Waals surface area contributed by atoms with Crippen molar-refractivity contribution < 1.29 is 4.74 Å². The third-order valence-electron chi connectivity index (χ3n) is 1.38. The van der Waals surface area contributed by atoms with Crippen molar-refractivity contribution in [2.24, 2.45) is 0 Å². The largest absolute Gasteiger partial charge is 0.381 e. The third-order valence-corrected chi connectivity index (χ3v) is 1.38. The van der Waals surface area contributed by atoms with Crippen molar-refractivity contribution >= 4 is 5.95 Å². The average molecular weight is 170 g/mol. The van der Waals surface area contributed by atoms with Gasteiger partial charge in [-0.2, -0.15) is 4.98 Å². The van der Waals surface area contributed by atoms with E-state index in [1.165, 1.54) is 0 Å². The van der Waals surface area contributed by atoms with E-state index in [4.69, 9.17) is 10.5 Å². The van der Waals surface area contributed by atoms with Gasteiger partial charge in [0.05, 0.1) is 6.61 Å². The van der Waals surface area contributed by atoms with Crippen molar-refractivity contribution in [1.29, 1.82) is 0 Å². The van der Waals surface area contributed by atoms with Gasteiger partial charge in [0.25, 0.3) is 0 Å². The number of nitrogens with zero attached hydrogens (tertiary/aromatic N) is 2. The summed E-state index contributed by atoms with van der Waals surface area (Å²) < 4.78 is 5.27. The fourth-order valence-corrected chi connectivity index (χ4v) is 0.837. The van der Waals surface area contributed by atoms with Gasteiger partial charge in [0.1, 0.15) is 5.82 Å². The Morgan fingerprint density at radius 3 is 2.92 bits per heavy atom. The van der Waals surface area contributed by atoms with Gasteiger partial charge in [0, 0.05) is 13.0 Å². The first-order valence-electron chi connectivity index (χ1n) is 4.07. The molecule has 0 spiro atoms. The molecule has 0 aliphatic rings. The number of hydrogen-bond donors (Lipinski definition) is 2. The lowest BCUT2D eigenvalue weighted by Crippen LogP contribution is -2.00. The second-order valence-electron chi connectivity index (χ2n) is 2.50. The summed E-state index contributed by atoms with van der Waals surface area (Å²) in [4.78, 5) is 3.94. The monoisotopic (exact) mass is 170 g/mol. The molecule has 5 nitrogen and oxygen atoms in total. The molecule has 1 aromatic heterocycles. The number of nitrogens with two attached hydrogens (primary N) is 1. The van der Waals surface area contributed by atoms with Crippen LogP contribution in [0.4, 0.5) is 5.95 Å². The van der Waals surface area contributed by atoms with Crippen molar-refractivity contribution in [2.45, 2.75) is 19.8 Å².